The minimum Gasteiger partial charge on any atom is -0.486 e. The van der Waals surface area contributed by atoms with Gasteiger partial charge in [-0.25, -0.2) is 0 Å². The van der Waals surface area contributed by atoms with Gasteiger partial charge in [0.25, 0.3) is 5.91 Å². The van der Waals surface area contributed by atoms with Gasteiger partial charge in [0.2, 0.25) is 5.91 Å². The Balaban J connectivity index is 1.20. The topological polar surface area (TPSA) is 81.6 Å². The van der Waals surface area contributed by atoms with Crippen LogP contribution in [-0.4, -0.2) is 41.9 Å². The molecule has 2 amide bonds. The van der Waals surface area contributed by atoms with Crippen molar-refractivity contribution in [3.05, 3.63) is 83.5 Å². The second kappa shape index (κ2) is 11.0. The van der Waals surface area contributed by atoms with Gasteiger partial charge in [0, 0.05) is 57.4 Å². The van der Waals surface area contributed by atoms with Crippen LogP contribution < -0.4 is 20.1 Å². The number of amides is 2. The smallest absolute Gasteiger partial charge is 0.251 e. The van der Waals surface area contributed by atoms with Crippen LogP contribution in [0.2, 0.25) is 5.02 Å². The average Bonchev–Trinajstić information content (AvgIpc) is 3.25. The highest BCUT2D eigenvalue weighted by atomic mass is 35.5. The van der Waals surface area contributed by atoms with Gasteiger partial charge in [0.05, 0.1) is 5.75 Å². The maximum atomic E-state index is 12.6. The van der Waals surface area contributed by atoms with Crippen molar-refractivity contribution in [1.29, 1.82) is 0 Å². The zero-order chi connectivity index (χ0) is 24.9. The van der Waals surface area contributed by atoms with Crippen molar-refractivity contribution in [3.63, 3.8) is 0 Å². The van der Waals surface area contributed by atoms with Crippen LogP contribution in [0.5, 0.6) is 11.5 Å². The quantitative estimate of drug-likeness (QED) is 0.310. The maximum absolute atomic E-state index is 12.6. The van der Waals surface area contributed by atoms with Gasteiger partial charge in [-0.2, -0.15) is 0 Å². The van der Waals surface area contributed by atoms with Crippen LogP contribution in [0.25, 0.3) is 10.9 Å². The van der Waals surface area contributed by atoms with Crippen LogP contribution in [0, 0.1) is 0 Å². The van der Waals surface area contributed by atoms with Crippen molar-refractivity contribution < 1.29 is 19.1 Å². The number of rotatable bonds is 8. The highest BCUT2D eigenvalue weighted by Crippen LogP contribution is 2.33. The average molecular weight is 522 g/mol. The number of nitrogens with zero attached hydrogens (tertiary/aromatic N) is 1. The molecule has 0 fully saturated rings. The lowest BCUT2D eigenvalue weighted by atomic mass is 10.2. The van der Waals surface area contributed by atoms with E-state index in [0.717, 1.165) is 15.8 Å². The molecule has 0 saturated heterocycles. The predicted octanol–water partition coefficient (Wildman–Crippen LogP) is 5.23. The predicted molar refractivity (Wildman–Crippen MR) is 143 cm³/mol. The third-order valence-corrected chi connectivity index (χ3v) is 6.98. The fourth-order valence-electron chi connectivity index (χ4n) is 3.97. The van der Waals surface area contributed by atoms with Crippen molar-refractivity contribution in [1.82, 2.24) is 9.88 Å². The summed E-state index contributed by atoms with van der Waals surface area (Å²) in [6, 6.07) is 20.2. The first kappa shape index (κ1) is 24.1. The Morgan fingerprint density at radius 1 is 0.972 bits per heavy atom. The molecule has 7 nitrogen and oxygen atoms in total. The van der Waals surface area contributed by atoms with Gasteiger partial charge in [-0.05, 0) is 42.5 Å². The lowest BCUT2D eigenvalue weighted by Crippen LogP contribution is -2.27. The minimum atomic E-state index is -0.145. The van der Waals surface area contributed by atoms with Crippen LogP contribution in [0.15, 0.2) is 77.8 Å². The van der Waals surface area contributed by atoms with E-state index in [2.05, 4.69) is 15.2 Å². The van der Waals surface area contributed by atoms with E-state index in [1.54, 1.807) is 42.5 Å². The van der Waals surface area contributed by atoms with Gasteiger partial charge >= 0.3 is 0 Å². The Morgan fingerprint density at radius 3 is 2.58 bits per heavy atom. The summed E-state index contributed by atoms with van der Waals surface area (Å²) in [7, 11) is 0. The van der Waals surface area contributed by atoms with Crippen molar-refractivity contribution in [2.45, 2.75) is 11.4 Å². The number of anilines is 1. The third-order valence-electron chi connectivity index (χ3n) is 5.68. The van der Waals surface area contributed by atoms with Crippen molar-refractivity contribution in [3.8, 4) is 11.5 Å². The van der Waals surface area contributed by atoms with E-state index < -0.39 is 0 Å². The molecule has 0 atom stereocenters. The summed E-state index contributed by atoms with van der Waals surface area (Å²) < 4.78 is 13.2. The SMILES string of the molecule is O=C(CSc1cn(CCNC(=O)c2ccc(Cl)cc2)c2ccccc12)Nc1ccc2c(c1)OCCO2. The van der Waals surface area contributed by atoms with Gasteiger partial charge in [-0.1, -0.05) is 29.8 Å². The molecule has 4 aromatic rings. The fourth-order valence-corrected chi connectivity index (χ4v) is 4.98. The first-order valence-corrected chi connectivity index (χ1v) is 12.9. The summed E-state index contributed by atoms with van der Waals surface area (Å²) in [5.41, 5.74) is 2.29. The molecule has 184 valence electrons. The largest absolute Gasteiger partial charge is 0.486 e. The standard InChI is InChI=1S/C27H24ClN3O4S/c28-19-7-5-18(6-8-19)27(33)29-11-12-31-16-25(21-3-1-2-4-22(21)31)36-17-26(32)30-20-9-10-23-24(15-20)35-14-13-34-23/h1-10,15-16H,11-14,17H2,(H,29,33)(H,30,32). The minimum absolute atomic E-state index is 0.108. The highest BCUT2D eigenvalue weighted by molar-refractivity contribution is 8.00. The summed E-state index contributed by atoms with van der Waals surface area (Å²) >= 11 is 7.37. The number of halogens is 1. The van der Waals surface area contributed by atoms with Crippen molar-refractivity contribution >= 4 is 51.8 Å². The summed E-state index contributed by atoms with van der Waals surface area (Å²) in [5.74, 6) is 1.33. The number of carbonyl (C=O) groups is 2. The summed E-state index contributed by atoms with van der Waals surface area (Å²) in [6.45, 7) is 2.09. The lowest BCUT2D eigenvalue weighted by Gasteiger charge is -2.19. The van der Waals surface area contributed by atoms with Crippen LogP contribution >= 0.6 is 23.4 Å². The van der Waals surface area contributed by atoms with Gasteiger partial charge in [0.1, 0.15) is 13.2 Å². The Hall–Kier alpha value is -3.62. The number of thioether (sulfide) groups is 1. The van der Waals surface area contributed by atoms with E-state index in [1.165, 1.54) is 11.8 Å². The maximum Gasteiger partial charge on any atom is 0.251 e. The van der Waals surface area contributed by atoms with Crippen molar-refractivity contribution in [2.75, 3.05) is 30.8 Å². The Bertz CT molecular complexity index is 1400. The van der Waals surface area contributed by atoms with Gasteiger partial charge in [0.15, 0.2) is 11.5 Å². The molecular formula is C27H24ClN3O4S. The molecule has 9 heteroatoms. The molecule has 0 saturated carbocycles. The number of ether oxygens (including phenoxy) is 2. The Kier molecular flexibility index (Phi) is 7.34. The van der Waals surface area contributed by atoms with Crippen LogP contribution in [0.1, 0.15) is 10.4 Å². The van der Waals surface area contributed by atoms with E-state index >= 15 is 0 Å². The molecule has 1 aromatic heterocycles. The highest BCUT2D eigenvalue weighted by Gasteiger charge is 2.14. The first-order valence-electron chi connectivity index (χ1n) is 11.5. The molecule has 0 unspecified atom stereocenters. The molecule has 5 rings (SSSR count). The van der Waals surface area contributed by atoms with Crippen LogP contribution in [0.4, 0.5) is 5.69 Å². The number of hydrogen-bond donors (Lipinski definition) is 2. The van der Waals surface area contributed by atoms with Crippen molar-refractivity contribution in [2.24, 2.45) is 0 Å². The number of para-hydroxylation sites is 1. The molecule has 2 heterocycles. The monoisotopic (exact) mass is 521 g/mol. The van der Waals surface area contributed by atoms with E-state index in [4.69, 9.17) is 21.1 Å². The molecule has 1 aliphatic heterocycles. The number of benzene rings is 3. The Morgan fingerprint density at radius 2 is 1.75 bits per heavy atom. The van der Waals surface area contributed by atoms with E-state index in [0.29, 0.717) is 54.1 Å². The molecule has 36 heavy (non-hydrogen) atoms. The second-order valence-corrected chi connectivity index (χ2v) is 9.62. The number of nitrogens with one attached hydrogen (secondary N) is 2. The van der Waals surface area contributed by atoms with E-state index in [1.807, 2.05) is 30.5 Å². The molecule has 0 aliphatic carbocycles. The van der Waals surface area contributed by atoms with Gasteiger partial charge < -0.3 is 24.7 Å². The fraction of sp³-hybridized carbons (Fsp3) is 0.185. The van der Waals surface area contributed by atoms with Crippen LogP contribution in [0.3, 0.4) is 0 Å². The summed E-state index contributed by atoms with van der Waals surface area (Å²) in [6.07, 6.45) is 2.03. The first-order chi connectivity index (χ1) is 17.6. The van der Waals surface area contributed by atoms with E-state index in [-0.39, 0.29) is 17.6 Å². The molecule has 1 aliphatic rings. The summed E-state index contributed by atoms with van der Waals surface area (Å²) in [5, 5.41) is 7.53. The molecule has 0 bridgehead atoms. The van der Waals surface area contributed by atoms with Gasteiger partial charge in [-0.3, -0.25) is 9.59 Å². The lowest BCUT2D eigenvalue weighted by molar-refractivity contribution is -0.113. The molecule has 2 N–H and O–H groups in total. The number of carbonyl (C=O) groups excluding carboxylic acids is 2. The molecule has 0 radical (unpaired) electrons. The number of fused-ring (bicyclic) bond motifs is 2. The molecular weight excluding hydrogens is 498 g/mol. The molecule has 0 spiro atoms. The zero-order valence-electron chi connectivity index (χ0n) is 19.3. The zero-order valence-corrected chi connectivity index (χ0v) is 20.9. The van der Waals surface area contributed by atoms with Gasteiger partial charge in [-0.15, -0.1) is 11.8 Å². The summed E-state index contributed by atoms with van der Waals surface area (Å²) in [4.78, 5) is 26.0. The second-order valence-electron chi connectivity index (χ2n) is 8.16. The number of hydrogen-bond acceptors (Lipinski definition) is 5. The Labute approximate surface area is 217 Å². The van der Waals surface area contributed by atoms with E-state index in [9.17, 15) is 9.59 Å². The normalized spacial score (nSPS) is 12.4. The molecule has 3 aromatic carbocycles. The third kappa shape index (κ3) is 5.61. The van der Waals surface area contributed by atoms with Crippen LogP contribution in [-0.2, 0) is 11.3 Å². The number of aromatic nitrogens is 1.